The molecule has 6 rings (SSSR count). The van der Waals surface area contributed by atoms with Crippen LogP contribution in [0, 0.1) is 0 Å². The molecule has 4 aromatic rings. The van der Waals surface area contributed by atoms with Gasteiger partial charge >= 0.3 is 0 Å². The van der Waals surface area contributed by atoms with E-state index >= 15 is 0 Å². The highest BCUT2D eigenvalue weighted by Crippen LogP contribution is 2.39. The van der Waals surface area contributed by atoms with Gasteiger partial charge in [-0.15, -0.1) is 0 Å². The maximum Gasteiger partial charge on any atom is 0.299 e. The molecule has 3 heterocycles. The van der Waals surface area contributed by atoms with Crippen LogP contribution in [0.5, 0.6) is 17.4 Å². The summed E-state index contributed by atoms with van der Waals surface area (Å²) in [6.07, 6.45) is 6.46. The van der Waals surface area contributed by atoms with Crippen LogP contribution in [-0.4, -0.2) is 31.8 Å². The predicted molar refractivity (Wildman–Crippen MR) is 127 cm³/mol. The van der Waals surface area contributed by atoms with E-state index in [1.807, 2.05) is 28.9 Å². The fraction of sp³-hybridized carbons (Fsp3) is 0.360. The van der Waals surface area contributed by atoms with Gasteiger partial charge in [-0.05, 0) is 48.2 Å². The molecule has 0 amide bonds. The van der Waals surface area contributed by atoms with E-state index in [0.717, 1.165) is 57.8 Å². The summed E-state index contributed by atoms with van der Waals surface area (Å²) in [5.74, 6) is 2.33. The number of fused-ring (bicyclic) bond motifs is 2. The van der Waals surface area contributed by atoms with Crippen LogP contribution >= 0.6 is 11.7 Å². The molecule has 2 aromatic carbocycles. The molecule has 34 heavy (non-hydrogen) atoms. The van der Waals surface area contributed by atoms with E-state index in [1.54, 1.807) is 0 Å². The Kier molecular flexibility index (Phi) is 5.62. The van der Waals surface area contributed by atoms with Crippen LogP contribution < -0.4 is 14.2 Å². The molecule has 9 heteroatoms. The van der Waals surface area contributed by atoms with Crippen LogP contribution in [-0.2, 0) is 17.8 Å². The summed E-state index contributed by atoms with van der Waals surface area (Å²) in [6, 6.07) is 12.0. The topological polar surface area (TPSA) is 88.4 Å². The first-order valence-corrected chi connectivity index (χ1v) is 12.3. The third kappa shape index (κ3) is 4.00. The van der Waals surface area contributed by atoms with Gasteiger partial charge in [-0.2, -0.15) is 13.8 Å². The summed E-state index contributed by atoms with van der Waals surface area (Å²) in [4.78, 5) is 11.5. The molecule has 0 spiro atoms. The van der Waals surface area contributed by atoms with E-state index in [-0.39, 0.29) is 6.79 Å². The molecule has 174 valence electrons. The molecule has 2 aromatic heterocycles. The van der Waals surface area contributed by atoms with Crippen LogP contribution in [0.1, 0.15) is 60.4 Å². The number of hydrogen-bond acceptors (Lipinski definition) is 8. The van der Waals surface area contributed by atoms with Crippen molar-refractivity contribution >= 4 is 29.2 Å². The van der Waals surface area contributed by atoms with Crippen molar-refractivity contribution in [1.82, 2.24) is 18.5 Å². The van der Waals surface area contributed by atoms with Gasteiger partial charge in [-0.1, -0.05) is 31.4 Å². The van der Waals surface area contributed by atoms with E-state index in [1.165, 1.54) is 31.0 Å². The number of benzene rings is 2. The van der Waals surface area contributed by atoms with Crippen LogP contribution in [0.3, 0.4) is 0 Å². The standard InChI is InChI=1S/C25H24N4O4S/c30-14-31-25-19(10-16-6-8-20-21(11-16)28-34-27-20)24(18-4-2-1-3-5-18)26-29(25)13-17-7-9-22-23(12-17)33-15-32-22/h6-9,11-12,14,18H,1-5,10,13,15H2. The lowest BCUT2D eigenvalue weighted by Gasteiger charge is -2.21. The van der Waals surface area contributed by atoms with Gasteiger partial charge in [0.15, 0.2) is 11.5 Å². The first-order valence-electron chi connectivity index (χ1n) is 11.6. The SMILES string of the molecule is O=COc1c(Cc2ccc3nsnc3c2)c(C2CCCCC2)nn1Cc1ccc2c(c1)OCO2. The summed E-state index contributed by atoms with van der Waals surface area (Å²) < 4.78 is 27.1. The number of carbonyl (C=O) groups excluding carboxylic acids is 1. The van der Waals surface area contributed by atoms with E-state index in [9.17, 15) is 4.79 Å². The fourth-order valence-electron chi connectivity index (χ4n) is 5.01. The van der Waals surface area contributed by atoms with E-state index < -0.39 is 0 Å². The van der Waals surface area contributed by atoms with E-state index in [2.05, 4.69) is 20.9 Å². The maximum atomic E-state index is 11.5. The van der Waals surface area contributed by atoms with Crippen LogP contribution in [0.4, 0.5) is 0 Å². The molecule has 0 bridgehead atoms. The summed E-state index contributed by atoms with van der Waals surface area (Å²) in [5.41, 5.74) is 5.88. The minimum atomic E-state index is 0.231. The first kappa shape index (κ1) is 21.1. The molecular weight excluding hydrogens is 452 g/mol. The van der Waals surface area contributed by atoms with Gasteiger partial charge in [-0.25, -0.2) is 4.68 Å². The zero-order valence-electron chi connectivity index (χ0n) is 18.6. The Bertz CT molecular complexity index is 1340. The highest BCUT2D eigenvalue weighted by molar-refractivity contribution is 7.00. The zero-order valence-corrected chi connectivity index (χ0v) is 19.4. The first-order chi connectivity index (χ1) is 16.8. The number of rotatable bonds is 7. The highest BCUT2D eigenvalue weighted by Gasteiger charge is 2.27. The zero-order chi connectivity index (χ0) is 22.9. The molecular formula is C25H24N4O4S. The minimum Gasteiger partial charge on any atom is -0.454 e. The van der Waals surface area contributed by atoms with Gasteiger partial charge in [0, 0.05) is 17.9 Å². The van der Waals surface area contributed by atoms with Gasteiger partial charge in [0.1, 0.15) is 11.0 Å². The number of nitrogens with zero attached hydrogens (tertiary/aromatic N) is 4. The lowest BCUT2D eigenvalue weighted by atomic mass is 9.84. The molecule has 0 atom stereocenters. The quantitative estimate of drug-likeness (QED) is 0.353. The van der Waals surface area contributed by atoms with Crippen molar-refractivity contribution in [1.29, 1.82) is 0 Å². The second kappa shape index (κ2) is 9.06. The maximum absolute atomic E-state index is 11.5. The molecule has 1 aliphatic carbocycles. The van der Waals surface area contributed by atoms with E-state index in [4.69, 9.17) is 19.3 Å². The van der Waals surface area contributed by atoms with Crippen LogP contribution in [0.25, 0.3) is 11.0 Å². The molecule has 0 unspecified atom stereocenters. The highest BCUT2D eigenvalue weighted by atomic mass is 32.1. The minimum absolute atomic E-state index is 0.231. The smallest absolute Gasteiger partial charge is 0.299 e. The van der Waals surface area contributed by atoms with Crippen molar-refractivity contribution in [3.63, 3.8) is 0 Å². The third-order valence-electron chi connectivity index (χ3n) is 6.65. The third-order valence-corrected chi connectivity index (χ3v) is 7.21. The Morgan fingerprint density at radius 2 is 1.82 bits per heavy atom. The van der Waals surface area contributed by atoms with E-state index in [0.29, 0.717) is 31.2 Å². The largest absolute Gasteiger partial charge is 0.454 e. The van der Waals surface area contributed by atoms with Gasteiger partial charge in [0.25, 0.3) is 6.47 Å². The second-order valence-electron chi connectivity index (χ2n) is 8.83. The Hall–Kier alpha value is -3.46. The van der Waals surface area contributed by atoms with Crippen molar-refractivity contribution in [3.8, 4) is 17.4 Å². The number of ether oxygens (including phenoxy) is 3. The van der Waals surface area contributed by atoms with Gasteiger partial charge < -0.3 is 14.2 Å². The van der Waals surface area contributed by atoms with Crippen molar-refractivity contribution < 1.29 is 19.0 Å². The number of aromatic nitrogens is 4. The molecule has 0 saturated heterocycles. The molecule has 1 saturated carbocycles. The Morgan fingerprint density at radius 1 is 1.00 bits per heavy atom. The Balaban J connectivity index is 1.40. The lowest BCUT2D eigenvalue weighted by molar-refractivity contribution is -0.121. The summed E-state index contributed by atoms with van der Waals surface area (Å²) >= 11 is 1.21. The molecule has 0 radical (unpaired) electrons. The average Bonchev–Trinajstić information content (AvgIpc) is 3.60. The summed E-state index contributed by atoms with van der Waals surface area (Å²) in [6.45, 7) is 1.19. The summed E-state index contributed by atoms with van der Waals surface area (Å²) in [5, 5.41) is 5.02. The monoisotopic (exact) mass is 476 g/mol. The molecule has 2 aliphatic rings. The lowest BCUT2D eigenvalue weighted by Crippen LogP contribution is -2.09. The normalized spacial score (nSPS) is 15.6. The molecule has 0 N–H and O–H groups in total. The Morgan fingerprint density at radius 3 is 2.71 bits per heavy atom. The molecule has 1 fully saturated rings. The van der Waals surface area contributed by atoms with Crippen molar-refractivity contribution in [2.75, 3.05) is 6.79 Å². The summed E-state index contributed by atoms with van der Waals surface area (Å²) in [7, 11) is 0. The van der Waals surface area contributed by atoms with Crippen molar-refractivity contribution in [2.24, 2.45) is 0 Å². The Labute approximate surface area is 200 Å². The number of carbonyl (C=O) groups is 1. The van der Waals surface area contributed by atoms with Crippen LogP contribution in [0.15, 0.2) is 36.4 Å². The molecule has 1 aliphatic heterocycles. The molecule has 8 nitrogen and oxygen atoms in total. The van der Waals surface area contributed by atoms with Crippen molar-refractivity contribution in [2.45, 2.75) is 51.0 Å². The predicted octanol–water partition coefficient (Wildman–Crippen LogP) is 4.84. The van der Waals surface area contributed by atoms with Crippen LogP contribution in [0.2, 0.25) is 0 Å². The number of hydrogen-bond donors (Lipinski definition) is 0. The van der Waals surface area contributed by atoms with Gasteiger partial charge in [-0.3, -0.25) is 4.79 Å². The van der Waals surface area contributed by atoms with Crippen molar-refractivity contribution in [3.05, 3.63) is 58.8 Å². The second-order valence-corrected chi connectivity index (χ2v) is 9.36. The van der Waals surface area contributed by atoms with Gasteiger partial charge in [0.05, 0.1) is 24.0 Å². The van der Waals surface area contributed by atoms with Gasteiger partial charge in [0.2, 0.25) is 12.7 Å². The average molecular weight is 477 g/mol. The fourth-order valence-corrected chi connectivity index (χ4v) is 5.53.